The number of carbonyl (C=O) groups is 1. The molecule has 4 rings (SSSR count). The summed E-state index contributed by atoms with van der Waals surface area (Å²) in [6, 6.07) is 11.9. The van der Waals surface area contributed by atoms with Crippen LogP contribution in [0.4, 0.5) is 14.6 Å². The Morgan fingerprint density at radius 3 is 2.64 bits per heavy atom. The summed E-state index contributed by atoms with van der Waals surface area (Å²) in [6.07, 6.45) is 3.97. The van der Waals surface area contributed by atoms with E-state index in [-0.39, 0.29) is 16.7 Å². The lowest BCUT2D eigenvalue weighted by Crippen LogP contribution is -2.21. The van der Waals surface area contributed by atoms with Crippen molar-refractivity contribution in [2.24, 2.45) is 0 Å². The van der Waals surface area contributed by atoms with Crippen LogP contribution in [0.15, 0.2) is 61.1 Å². The molecule has 0 unspecified atom stereocenters. The third-order valence-electron chi connectivity index (χ3n) is 4.61. The number of halogens is 4. The average molecular weight is 493 g/mol. The van der Waals surface area contributed by atoms with Crippen LogP contribution in [-0.2, 0) is 11.9 Å². The maximum Gasteiger partial charge on any atom is 0.365 e. The fourth-order valence-corrected chi connectivity index (χ4v) is 3.48. The molecule has 0 bridgehead atoms. The van der Waals surface area contributed by atoms with Gasteiger partial charge in [0.1, 0.15) is 11.4 Å². The van der Waals surface area contributed by atoms with Crippen LogP contribution in [-0.4, -0.2) is 37.6 Å². The van der Waals surface area contributed by atoms with Crippen molar-refractivity contribution in [1.82, 2.24) is 24.5 Å². The first-order chi connectivity index (χ1) is 15.8. The lowest BCUT2D eigenvalue weighted by molar-refractivity contribution is 0.0828. The van der Waals surface area contributed by atoms with Crippen LogP contribution in [0.2, 0.25) is 5.02 Å². The number of nitrogens with zero attached hydrogens (tertiary/aromatic N) is 5. The van der Waals surface area contributed by atoms with Crippen LogP contribution in [0, 0.1) is 0 Å². The molecule has 170 valence electrons. The first kappa shape index (κ1) is 22.7. The number of aromatic nitrogens is 5. The molecule has 1 N–H and O–H groups in total. The predicted octanol–water partition coefficient (Wildman–Crippen LogP) is 4.71. The Morgan fingerprint density at radius 2 is 1.97 bits per heavy atom. The van der Waals surface area contributed by atoms with Gasteiger partial charge in [0.15, 0.2) is 11.6 Å². The third-order valence-corrected chi connectivity index (χ3v) is 5.08. The van der Waals surface area contributed by atoms with Gasteiger partial charge in [0.2, 0.25) is 0 Å². The molecular weight excluding hydrogens is 477 g/mol. The number of ether oxygens (including phenoxy) is 1. The Hall–Kier alpha value is -3.50. The number of benzene rings is 1. The Bertz CT molecular complexity index is 1280. The van der Waals surface area contributed by atoms with E-state index in [1.165, 1.54) is 18.3 Å². The highest BCUT2D eigenvalue weighted by atomic mass is 35.5. The van der Waals surface area contributed by atoms with Crippen LogP contribution in [0.5, 0.6) is 5.75 Å². The lowest BCUT2D eigenvalue weighted by Gasteiger charge is -2.13. The van der Waals surface area contributed by atoms with Crippen molar-refractivity contribution < 1.29 is 18.3 Å². The molecule has 1 amide bonds. The Balaban J connectivity index is 1.56. The van der Waals surface area contributed by atoms with Crippen LogP contribution in [0.25, 0.3) is 5.82 Å². The molecule has 0 saturated heterocycles. The van der Waals surface area contributed by atoms with E-state index in [0.29, 0.717) is 6.54 Å². The fraction of sp³-hybridized carbons (Fsp3) is 0.143. The van der Waals surface area contributed by atoms with Crippen molar-refractivity contribution in [3.63, 3.8) is 0 Å². The summed E-state index contributed by atoms with van der Waals surface area (Å²) in [4.78, 5) is 16.7. The number of carbonyl (C=O) groups excluding carboxylic acids is 1. The second-order valence-electron chi connectivity index (χ2n) is 6.83. The van der Waals surface area contributed by atoms with Crippen molar-refractivity contribution in [3.8, 4) is 11.6 Å². The summed E-state index contributed by atoms with van der Waals surface area (Å²) < 4.78 is 36.0. The smallest absolute Gasteiger partial charge is 0.365 e. The minimum Gasteiger partial charge on any atom is -0.497 e. The van der Waals surface area contributed by atoms with Crippen LogP contribution in [0.3, 0.4) is 0 Å². The topological polar surface area (TPSA) is 86.9 Å². The molecule has 0 aliphatic rings. The fourth-order valence-electron chi connectivity index (χ4n) is 3.10. The number of amides is 1. The molecule has 1 aromatic carbocycles. The summed E-state index contributed by atoms with van der Waals surface area (Å²) in [5, 5.41) is 6.75. The Morgan fingerprint density at radius 1 is 1.21 bits per heavy atom. The molecule has 0 aliphatic heterocycles. The Labute approximate surface area is 196 Å². The Kier molecular flexibility index (Phi) is 6.30. The SMILES string of the molecule is COc1ccc(Cn2ccc(NC(=O)c3cnn(-c4ncccc4Cl)c3C(F)(F)Cl)n2)cc1. The van der Waals surface area contributed by atoms with Gasteiger partial charge in [0.05, 0.1) is 30.4 Å². The second kappa shape index (κ2) is 9.16. The molecular formula is C21H16Cl2F2N6O2. The standard InChI is InChI=1S/C21H16Cl2F2N6O2/c1-33-14-6-4-13(5-7-14)12-30-10-8-17(29-30)28-20(32)15-11-27-31(18(15)21(23,24)25)19-16(22)3-2-9-26-19/h2-11H,12H2,1H3,(H,28,29,32). The molecule has 8 nitrogen and oxygen atoms in total. The number of anilines is 1. The van der Waals surface area contributed by atoms with E-state index in [4.69, 9.17) is 27.9 Å². The number of nitrogens with one attached hydrogen (secondary N) is 1. The summed E-state index contributed by atoms with van der Waals surface area (Å²) in [5.41, 5.74) is -0.351. The van der Waals surface area contributed by atoms with E-state index in [1.807, 2.05) is 24.3 Å². The predicted molar refractivity (Wildman–Crippen MR) is 118 cm³/mol. The van der Waals surface area contributed by atoms with Gasteiger partial charge in [-0.2, -0.15) is 19.0 Å². The van der Waals surface area contributed by atoms with Gasteiger partial charge in [-0.25, -0.2) is 9.67 Å². The molecule has 0 saturated carbocycles. The zero-order chi connectivity index (χ0) is 23.6. The van der Waals surface area contributed by atoms with Gasteiger partial charge in [-0.05, 0) is 41.4 Å². The van der Waals surface area contributed by atoms with Crippen LogP contribution >= 0.6 is 23.2 Å². The molecule has 3 aromatic heterocycles. The van der Waals surface area contributed by atoms with Gasteiger partial charge in [-0.15, -0.1) is 0 Å². The molecule has 0 atom stereocenters. The van der Waals surface area contributed by atoms with Gasteiger partial charge in [-0.1, -0.05) is 23.7 Å². The number of alkyl halides is 3. The minimum atomic E-state index is -3.92. The van der Waals surface area contributed by atoms with E-state index in [1.54, 1.807) is 24.1 Å². The van der Waals surface area contributed by atoms with Crippen LogP contribution < -0.4 is 10.1 Å². The van der Waals surface area contributed by atoms with E-state index in [2.05, 4.69) is 20.5 Å². The van der Waals surface area contributed by atoms with Crippen molar-refractivity contribution in [2.75, 3.05) is 12.4 Å². The van der Waals surface area contributed by atoms with E-state index >= 15 is 0 Å². The van der Waals surface area contributed by atoms with Crippen molar-refractivity contribution in [1.29, 1.82) is 0 Å². The van der Waals surface area contributed by atoms with Crippen molar-refractivity contribution in [3.05, 3.63) is 82.9 Å². The lowest BCUT2D eigenvalue weighted by atomic mass is 10.2. The first-order valence-corrected chi connectivity index (χ1v) is 10.3. The third kappa shape index (κ3) is 4.96. The highest BCUT2D eigenvalue weighted by molar-refractivity contribution is 6.32. The van der Waals surface area contributed by atoms with E-state index < -0.39 is 22.5 Å². The first-order valence-electron chi connectivity index (χ1n) is 9.50. The highest BCUT2D eigenvalue weighted by Crippen LogP contribution is 2.37. The van der Waals surface area contributed by atoms with Gasteiger partial charge >= 0.3 is 5.38 Å². The molecule has 0 spiro atoms. The molecule has 12 heteroatoms. The van der Waals surface area contributed by atoms with Crippen molar-refractivity contribution >= 4 is 34.9 Å². The van der Waals surface area contributed by atoms with E-state index in [0.717, 1.165) is 22.2 Å². The molecule has 33 heavy (non-hydrogen) atoms. The summed E-state index contributed by atoms with van der Waals surface area (Å²) in [7, 11) is 1.58. The number of rotatable bonds is 7. The number of hydrogen-bond donors (Lipinski definition) is 1. The van der Waals surface area contributed by atoms with Gasteiger partial charge in [-0.3, -0.25) is 9.48 Å². The van der Waals surface area contributed by atoms with Crippen LogP contribution in [0.1, 0.15) is 21.6 Å². The summed E-state index contributed by atoms with van der Waals surface area (Å²) >= 11 is 11.4. The van der Waals surface area contributed by atoms with Gasteiger partial charge < -0.3 is 10.1 Å². The monoisotopic (exact) mass is 492 g/mol. The molecule has 0 aliphatic carbocycles. The zero-order valence-electron chi connectivity index (χ0n) is 17.0. The number of hydrogen-bond acceptors (Lipinski definition) is 5. The van der Waals surface area contributed by atoms with E-state index in [9.17, 15) is 13.6 Å². The summed E-state index contributed by atoms with van der Waals surface area (Å²) in [6.45, 7) is 0.432. The highest BCUT2D eigenvalue weighted by Gasteiger charge is 2.39. The van der Waals surface area contributed by atoms with Gasteiger partial charge in [0.25, 0.3) is 5.91 Å². The zero-order valence-corrected chi connectivity index (χ0v) is 18.6. The average Bonchev–Trinajstić information content (AvgIpc) is 3.42. The molecule has 4 aromatic rings. The van der Waals surface area contributed by atoms with Crippen molar-refractivity contribution in [2.45, 2.75) is 11.9 Å². The summed E-state index contributed by atoms with van der Waals surface area (Å²) in [5.74, 6) is -0.0526. The molecule has 0 fully saturated rings. The van der Waals surface area contributed by atoms with Gasteiger partial charge in [0, 0.05) is 18.5 Å². The largest absolute Gasteiger partial charge is 0.497 e. The molecule has 3 heterocycles. The quantitative estimate of drug-likeness (QED) is 0.377. The second-order valence-corrected chi connectivity index (χ2v) is 7.71. The molecule has 0 radical (unpaired) electrons. The maximum atomic E-state index is 14.3. The normalized spacial score (nSPS) is 11.4. The minimum absolute atomic E-state index is 0.0620. The number of methoxy groups -OCH3 is 1. The maximum absolute atomic E-state index is 14.3. The number of pyridine rings is 1.